The Kier molecular flexibility index (Phi) is 7.55. The highest BCUT2D eigenvalue weighted by molar-refractivity contribution is 5.98. The number of benzene rings is 2. The molecular weight excluding hydrogens is 347 g/mol. The largest absolute Gasteiger partial charge is 0.495 e. The van der Waals surface area contributed by atoms with Crippen molar-refractivity contribution in [3.63, 3.8) is 0 Å². The zero-order valence-corrected chi connectivity index (χ0v) is 15.4. The summed E-state index contributed by atoms with van der Waals surface area (Å²) in [6, 6.07) is 12.9. The molecule has 0 fully saturated rings. The minimum atomic E-state index is -0.334. The molecule has 0 aliphatic heterocycles. The number of hydrogen-bond donors (Lipinski definition) is 1. The van der Waals surface area contributed by atoms with Crippen molar-refractivity contribution in [1.29, 1.82) is 0 Å². The first-order valence-electron chi connectivity index (χ1n) is 8.69. The Balaban J connectivity index is 2.01. The van der Waals surface area contributed by atoms with Crippen molar-refractivity contribution in [3.05, 3.63) is 66.0 Å². The molecule has 2 aromatic rings. The van der Waals surface area contributed by atoms with Crippen molar-refractivity contribution in [2.75, 3.05) is 25.5 Å². The molecule has 0 unspecified atom stereocenters. The predicted molar refractivity (Wildman–Crippen MR) is 104 cm³/mol. The molecular formula is C21H23FN2O3. The molecule has 0 aliphatic carbocycles. The zero-order chi connectivity index (χ0) is 19.6. The molecule has 0 bridgehead atoms. The van der Waals surface area contributed by atoms with Gasteiger partial charge in [0.1, 0.15) is 18.1 Å². The molecule has 6 heteroatoms. The Labute approximate surface area is 158 Å². The quantitative estimate of drug-likeness (QED) is 0.721. The maximum Gasteiger partial charge on any atom is 0.247 e. The van der Waals surface area contributed by atoms with Gasteiger partial charge in [0, 0.05) is 12.6 Å². The summed E-state index contributed by atoms with van der Waals surface area (Å²) in [6.45, 7) is 2.31. The van der Waals surface area contributed by atoms with Crippen molar-refractivity contribution in [1.82, 2.24) is 4.90 Å². The minimum Gasteiger partial charge on any atom is -0.495 e. The molecule has 0 aliphatic rings. The standard InChI is InChI=1S/C21H23FN2O3/c1-3-14-24(21(26)13-10-16-8-11-17(22)12-9-16)15-20(25)23-18-6-4-5-7-19(18)27-2/h4-13H,3,14-15H2,1-2H3,(H,23,25)/b13-10+. The average Bonchev–Trinajstić information content (AvgIpc) is 2.67. The van der Waals surface area contributed by atoms with E-state index in [2.05, 4.69) is 5.32 Å². The number of halogens is 1. The number of hydrogen-bond acceptors (Lipinski definition) is 3. The number of nitrogens with one attached hydrogen (secondary N) is 1. The molecule has 2 rings (SSSR count). The fraction of sp³-hybridized carbons (Fsp3) is 0.238. The van der Waals surface area contributed by atoms with Gasteiger partial charge in [0.2, 0.25) is 11.8 Å². The third-order valence-electron chi connectivity index (χ3n) is 3.81. The Morgan fingerprint density at radius 2 is 1.85 bits per heavy atom. The molecule has 27 heavy (non-hydrogen) atoms. The second-order valence-electron chi connectivity index (χ2n) is 5.89. The van der Waals surface area contributed by atoms with E-state index in [4.69, 9.17) is 4.74 Å². The molecule has 0 radical (unpaired) electrons. The van der Waals surface area contributed by atoms with Gasteiger partial charge in [-0.25, -0.2) is 4.39 Å². The lowest BCUT2D eigenvalue weighted by Crippen LogP contribution is -2.37. The summed E-state index contributed by atoms with van der Waals surface area (Å²) in [4.78, 5) is 26.3. The van der Waals surface area contributed by atoms with Gasteiger partial charge in [0.05, 0.1) is 12.8 Å². The first kappa shape index (κ1) is 20.2. The van der Waals surface area contributed by atoms with Crippen LogP contribution in [0.25, 0.3) is 6.08 Å². The van der Waals surface area contributed by atoms with Gasteiger partial charge in [-0.1, -0.05) is 31.2 Å². The van der Waals surface area contributed by atoms with Gasteiger partial charge < -0.3 is 15.0 Å². The van der Waals surface area contributed by atoms with Crippen LogP contribution in [0.4, 0.5) is 10.1 Å². The summed E-state index contributed by atoms with van der Waals surface area (Å²) >= 11 is 0. The van der Waals surface area contributed by atoms with Crippen molar-refractivity contribution >= 4 is 23.6 Å². The third kappa shape index (κ3) is 6.26. The van der Waals surface area contributed by atoms with Crippen LogP contribution in [0.5, 0.6) is 5.75 Å². The molecule has 5 nitrogen and oxygen atoms in total. The lowest BCUT2D eigenvalue weighted by atomic mass is 10.2. The fourth-order valence-electron chi connectivity index (χ4n) is 2.49. The smallest absolute Gasteiger partial charge is 0.247 e. The van der Waals surface area contributed by atoms with E-state index in [9.17, 15) is 14.0 Å². The maximum atomic E-state index is 12.9. The molecule has 0 spiro atoms. The van der Waals surface area contributed by atoms with Gasteiger partial charge in [-0.2, -0.15) is 0 Å². The van der Waals surface area contributed by atoms with Crippen LogP contribution >= 0.6 is 0 Å². The summed E-state index contributed by atoms with van der Waals surface area (Å²) in [5, 5.41) is 2.76. The maximum absolute atomic E-state index is 12.9. The number of amides is 2. The summed E-state index contributed by atoms with van der Waals surface area (Å²) in [7, 11) is 1.53. The number of methoxy groups -OCH3 is 1. The molecule has 142 valence electrons. The first-order valence-corrected chi connectivity index (χ1v) is 8.69. The monoisotopic (exact) mass is 370 g/mol. The average molecular weight is 370 g/mol. The number of carbonyl (C=O) groups excluding carboxylic acids is 2. The predicted octanol–water partition coefficient (Wildman–Crippen LogP) is 3.72. The van der Waals surface area contributed by atoms with Gasteiger partial charge in [0.15, 0.2) is 0 Å². The third-order valence-corrected chi connectivity index (χ3v) is 3.81. The van der Waals surface area contributed by atoms with E-state index in [0.717, 1.165) is 6.42 Å². The molecule has 1 N–H and O–H groups in total. The van der Waals surface area contributed by atoms with Crippen LogP contribution in [0, 0.1) is 5.82 Å². The molecule has 0 atom stereocenters. The van der Waals surface area contributed by atoms with E-state index in [1.54, 1.807) is 36.4 Å². The van der Waals surface area contributed by atoms with E-state index in [0.29, 0.717) is 23.5 Å². The van der Waals surface area contributed by atoms with E-state index in [1.165, 1.54) is 30.2 Å². The van der Waals surface area contributed by atoms with Crippen molar-refractivity contribution in [2.24, 2.45) is 0 Å². The molecule has 0 heterocycles. The van der Waals surface area contributed by atoms with Crippen molar-refractivity contribution in [2.45, 2.75) is 13.3 Å². The normalized spacial score (nSPS) is 10.6. The zero-order valence-electron chi connectivity index (χ0n) is 15.4. The van der Waals surface area contributed by atoms with Crippen LogP contribution in [0.15, 0.2) is 54.6 Å². The van der Waals surface area contributed by atoms with Crippen LogP contribution in [-0.4, -0.2) is 36.9 Å². The molecule has 2 aromatic carbocycles. The number of carbonyl (C=O) groups is 2. The van der Waals surface area contributed by atoms with Gasteiger partial charge in [-0.15, -0.1) is 0 Å². The van der Waals surface area contributed by atoms with Crippen molar-refractivity contribution < 1.29 is 18.7 Å². The first-order chi connectivity index (χ1) is 13.0. The SMILES string of the molecule is CCCN(CC(=O)Nc1ccccc1OC)C(=O)/C=C/c1ccc(F)cc1. The van der Waals surface area contributed by atoms with E-state index in [-0.39, 0.29) is 24.2 Å². The minimum absolute atomic E-state index is 0.0710. The second-order valence-corrected chi connectivity index (χ2v) is 5.89. The Bertz CT molecular complexity index is 803. The summed E-state index contributed by atoms with van der Waals surface area (Å²) in [5.41, 5.74) is 1.26. The van der Waals surface area contributed by atoms with E-state index < -0.39 is 0 Å². The van der Waals surface area contributed by atoms with Crippen molar-refractivity contribution in [3.8, 4) is 5.75 Å². The lowest BCUT2D eigenvalue weighted by molar-refractivity contribution is -0.130. The summed E-state index contributed by atoms with van der Waals surface area (Å²) < 4.78 is 18.1. The number of para-hydroxylation sites is 2. The van der Waals surface area contributed by atoms with Gasteiger partial charge >= 0.3 is 0 Å². The Morgan fingerprint density at radius 3 is 2.52 bits per heavy atom. The van der Waals surface area contributed by atoms with Crippen LogP contribution in [0.2, 0.25) is 0 Å². The van der Waals surface area contributed by atoms with E-state index >= 15 is 0 Å². The molecule has 0 aromatic heterocycles. The molecule has 0 saturated carbocycles. The Hall–Kier alpha value is -3.15. The van der Waals surface area contributed by atoms with Crippen LogP contribution in [-0.2, 0) is 9.59 Å². The van der Waals surface area contributed by atoms with Gasteiger partial charge in [-0.05, 0) is 42.3 Å². The van der Waals surface area contributed by atoms with E-state index in [1.807, 2.05) is 13.0 Å². The van der Waals surface area contributed by atoms with Gasteiger partial charge in [0.25, 0.3) is 0 Å². The summed E-state index contributed by atoms with van der Waals surface area (Å²) in [5.74, 6) is -0.373. The van der Waals surface area contributed by atoms with Crippen LogP contribution in [0.1, 0.15) is 18.9 Å². The topological polar surface area (TPSA) is 58.6 Å². The summed E-state index contributed by atoms with van der Waals surface area (Å²) in [6.07, 6.45) is 3.71. The number of nitrogens with zero attached hydrogens (tertiary/aromatic N) is 1. The van der Waals surface area contributed by atoms with Crippen LogP contribution in [0.3, 0.4) is 0 Å². The highest BCUT2D eigenvalue weighted by atomic mass is 19.1. The van der Waals surface area contributed by atoms with Crippen LogP contribution < -0.4 is 10.1 Å². The number of rotatable bonds is 8. The Morgan fingerprint density at radius 1 is 1.15 bits per heavy atom. The highest BCUT2D eigenvalue weighted by Gasteiger charge is 2.15. The molecule has 0 saturated heterocycles. The number of anilines is 1. The van der Waals surface area contributed by atoms with Gasteiger partial charge in [-0.3, -0.25) is 9.59 Å². The second kappa shape index (κ2) is 10.1. The number of ether oxygens (including phenoxy) is 1. The highest BCUT2D eigenvalue weighted by Crippen LogP contribution is 2.22. The molecule has 2 amide bonds. The lowest BCUT2D eigenvalue weighted by Gasteiger charge is -2.20. The fourth-order valence-corrected chi connectivity index (χ4v) is 2.49.